The Balaban J connectivity index is 3.54. The Morgan fingerprint density at radius 1 is 1.45 bits per heavy atom. The number of carbonyl (C=O) groups excluding carboxylic acids is 1. The molecule has 3 heteroatoms. The number of carbonyl (C=O) groups is 2. The third kappa shape index (κ3) is 4.53. The van der Waals surface area contributed by atoms with Crippen LogP contribution in [0.15, 0.2) is 0 Å². The average Bonchev–Trinajstić information content (AvgIpc) is 1.99. The number of carboxylic acid groups (broad SMARTS) is 1. The van der Waals surface area contributed by atoms with E-state index in [1.165, 1.54) is 0 Å². The van der Waals surface area contributed by atoms with Gasteiger partial charge in [-0.25, -0.2) is 0 Å². The molecule has 64 valence electrons. The SMILES string of the molecule is CCC(=O)CC[C@@H](C)C(=O)O. The molecule has 11 heavy (non-hydrogen) atoms. The number of hydrogen-bond acceptors (Lipinski definition) is 2. The van der Waals surface area contributed by atoms with E-state index >= 15 is 0 Å². The lowest BCUT2D eigenvalue weighted by molar-refractivity contribution is -0.141. The summed E-state index contributed by atoms with van der Waals surface area (Å²) >= 11 is 0. The molecule has 0 rings (SSSR count). The number of ketones is 1. The monoisotopic (exact) mass is 158 g/mol. The number of carboxylic acids is 1. The minimum absolute atomic E-state index is 0.137. The summed E-state index contributed by atoms with van der Waals surface area (Å²) in [6.07, 6.45) is 1.36. The molecule has 0 aliphatic rings. The van der Waals surface area contributed by atoms with E-state index in [4.69, 9.17) is 5.11 Å². The second-order valence-electron chi connectivity index (χ2n) is 2.67. The van der Waals surface area contributed by atoms with Crippen molar-refractivity contribution in [3.8, 4) is 0 Å². The summed E-state index contributed by atoms with van der Waals surface area (Å²) in [5.41, 5.74) is 0. The maximum absolute atomic E-state index is 10.7. The normalized spacial score (nSPS) is 12.5. The van der Waals surface area contributed by atoms with Gasteiger partial charge in [-0.3, -0.25) is 9.59 Å². The molecule has 0 heterocycles. The van der Waals surface area contributed by atoms with E-state index < -0.39 is 11.9 Å². The molecular formula is C8H14O3. The van der Waals surface area contributed by atoms with E-state index in [0.29, 0.717) is 19.3 Å². The Bertz CT molecular complexity index is 151. The van der Waals surface area contributed by atoms with Gasteiger partial charge in [0.2, 0.25) is 0 Å². The second-order valence-corrected chi connectivity index (χ2v) is 2.67. The highest BCUT2D eigenvalue weighted by Crippen LogP contribution is 2.06. The highest BCUT2D eigenvalue weighted by atomic mass is 16.4. The summed E-state index contributed by atoms with van der Waals surface area (Å²) in [5, 5.41) is 8.46. The van der Waals surface area contributed by atoms with E-state index in [1.807, 2.05) is 0 Å². The van der Waals surface area contributed by atoms with Crippen molar-refractivity contribution in [1.82, 2.24) is 0 Å². The van der Waals surface area contributed by atoms with Crippen LogP contribution in [-0.4, -0.2) is 16.9 Å². The number of aliphatic carboxylic acids is 1. The standard InChI is InChI=1S/C8H14O3/c1-3-7(9)5-4-6(2)8(10)11/h6H,3-5H2,1-2H3,(H,10,11)/t6-/m1/s1. The van der Waals surface area contributed by atoms with Crippen LogP contribution in [-0.2, 0) is 9.59 Å². The largest absolute Gasteiger partial charge is 0.481 e. The van der Waals surface area contributed by atoms with E-state index in [0.717, 1.165) is 0 Å². The van der Waals surface area contributed by atoms with Crippen LogP contribution in [0.4, 0.5) is 0 Å². The molecule has 0 fully saturated rings. The molecule has 0 spiro atoms. The summed E-state index contributed by atoms with van der Waals surface area (Å²) in [6, 6.07) is 0. The number of Topliss-reactive ketones (excluding diaryl/α,β-unsaturated/α-hetero) is 1. The van der Waals surface area contributed by atoms with Crippen molar-refractivity contribution in [3.05, 3.63) is 0 Å². The fourth-order valence-corrected chi connectivity index (χ4v) is 0.678. The van der Waals surface area contributed by atoms with Gasteiger partial charge in [-0.2, -0.15) is 0 Å². The molecular weight excluding hydrogens is 144 g/mol. The molecule has 0 saturated heterocycles. The number of hydrogen-bond donors (Lipinski definition) is 1. The maximum atomic E-state index is 10.7. The van der Waals surface area contributed by atoms with Crippen LogP contribution in [0.2, 0.25) is 0 Å². The van der Waals surface area contributed by atoms with Gasteiger partial charge >= 0.3 is 5.97 Å². The smallest absolute Gasteiger partial charge is 0.306 e. The first kappa shape index (κ1) is 10.1. The van der Waals surface area contributed by atoms with Crippen molar-refractivity contribution >= 4 is 11.8 Å². The fraction of sp³-hybridized carbons (Fsp3) is 0.750. The minimum atomic E-state index is -0.825. The molecule has 0 amide bonds. The first-order valence-electron chi connectivity index (χ1n) is 3.82. The molecule has 1 N–H and O–H groups in total. The lowest BCUT2D eigenvalue weighted by atomic mass is 10.0. The van der Waals surface area contributed by atoms with Gasteiger partial charge in [-0.1, -0.05) is 13.8 Å². The summed E-state index contributed by atoms with van der Waals surface area (Å²) in [6.45, 7) is 3.40. The fourth-order valence-electron chi connectivity index (χ4n) is 0.678. The molecule has 0 aliphatic carbocycles. The average molecular weight is 158 g/mol. The quantitative estimate of drug-likeness (QED) is 0.659. The van der Waals surface area contributed by atoms with Crippen molar-refractivity contribution in [2.75, 3.05) is 0 Å². The minimum Gasteiger partial charge on any atom is -0.481 e. The Kier molecular flexibility index (Phi) is 4.50. The van der Waals surface area contributed by atoms with Crippen LogP contribution in [0.1, 0.15) is 33.1 Å². The van der Waals surface area contributed by atoms with Crippen LogP contribution in [0.25, 0.3) is 0 Å². The predicted octanol–water partition coefficient (Wildman–Crippen LogP) is 1.47. The Hall–Kier alpha value is -0.860. The van der Waals surface area contributed by atoms with E-state index in [2.05, 4.69) is 0 Å². The van der Waals surface area contributed by atoms with Gasteiger partial charge in [-0.15, -0.1) is 0 Å². The molecule has 3 nitrogen and oxygen atoms in total. The van der Waals surface area contributed by atoms with E-state index in [9.17, 15) is 9.59 Å². The predicted molar refractivity (Wildman–Crippen MR) is 41.3 cm³/mol. The highest BCUT2D eigenvalue weighted by Gasteiger charge is 2.11. The molecule has 0 radical (unpaired) electrons. The van der Waals surface area contributed by atoms with Crippen molar-refractivity contribution in [3.63, 3.8) is 0 Å². The van der Waals surface area contributed by atoms with Crippen LogP contribution in [0.5, 0.6) is 0 Å². The van der Waals surface area contributed by atoms with Crippen molar-refractivity contribution in [2.45, 2.75) is 33.1 Å². The van der Waals surface area contributed by atoms with Gasteiger partial charge in [0.15, 0.2) is 0 Å². The molecule has 0 saturated carbocycles. The zero-order valence-electron chi connectivity index (χ0n) is 6.96. The molecule has 0 bridgehead atoms. The second kappa shape index (κ2) is 4.88. The van der Waals surface area contributed by atoms with Crippen LogP contribution >= 0.6 is 0 Å². The lowest BCUT2D eigenvalue weighted by Crippen LogP contribution is -2.11. The zero-order valence-corrected chi connectivity index (χ0v) is 6.96. The van der Waals surface area contributed by atoms with Gasteiger partial charge in [-0.05, 0) is 6.42 Å². The molecule has 0 aliphatic heterocycles. The number of rotatable bonds is 5. The summed E-state index contributed by atoms with van der Waals surface area (Å²) < 4.78 is 0. The van der Waals surface area contributed by atoms with Crippen LogP contribution in [0, 0.1) is 5.92 Å². The third-order valence-electron chi connectivity index (χ3n) is 1.67. The van der Waals surface area contributed by atoms with Gasteiger partial charge < -0.3 is 5.11 Å². The van der Waals surface area contributed by atoms with E-state index in [1.54, 1.807) is 13.8 Å². The summed E-state index contributed by atoms with van der Waals surface area (Å²) in [7, 11) is 0. The molecule has 0 aromatic heterocycles. The maximum Gasteiger partial charge on any atom is 0.306 e. The summed E-state index contributed by atoms with van der Waals surface area (Å²) in [5.74, 6) is -1.09. The first-order chi connectivity index (χ1) is 5.07. The summed E-state index contributed by atoms with van der Waals surface area (Å²) in [4.78, 5) is 21.0. The Labute approximate surface area is 66.4 Å². The zero-order chi connectivity index (χ0) is 8.85. The molecule has 0 aromatic rings. The van der Waals surface area contributed by atoms with Crippen molar-refractivity contribution < 1.29 is 14.7 Å². The van der Waals surface area contributed by atoms with Crippen LogP contribution < -0.4 is 0 Å². The Morgan fingerprint density at radius 2 is 2.00 bits per heavy atom. The van der Waals surface area contributed by atoms with Gasteiger partial charge in [0.05, 0.1) is 5.92 Å². The topological polar surface area (TPSA) is 54.4 Å². The molecule has 1 atom stereocenters. The van der Waals surface area contributed by atoms with Crippen molar-refractivity contribution in [2.24, 2.45) is 5.92 Å². The van der Waals surface area contributed by atoms with Gasteiger partial charge in [0, 0.05) is 12.8 Å². The molecule has 0 unspecified atom stereocenters. The highest BCUT2D eigenvalue weighted by molar-refractivity contribution is 5.78. The first-order valence-corrected chi connectivity index (χ1v) is 3.82. The Morgan fingerprint density at radius 3 is 2.36 bits per heavy atom. The lowest BCUT2D eigenvalue weighted by Gasteiger charge is -2.02. The van der Waals surface area contributed by atoms with Crippen LogP contribution in [0.3, 0.4) is 0 Å². The van der Waals surface area contributed by atoms with Crippen molar-refractivity contribution in [1.29, 1.82) is 0 Å². The van der Waals surface area contributed by atoms with Gasteiger partial charge in [0.25, 0.3) is 0 Å². The third-order valence-corrected chi connectivity index (χ3v) is 1.67. The van der Waals surface area contributed by atoms with Gasteiger partial charge in [0.1, 0.15) is 5.78 Å². The molecule has 0 aromatic carbocycles. The van der Waals surface area contributed by atoms with E-state index in [-0.39, 0.29) is 5.78 Å².